The molecule has 0 aliphatic carbocycles. The molecule has 0 bridgehead atoms. The van der Waals surface area contributed by atoms with Gasteiger partial charge in [0.05, 0.1) is 29.3 Å². The fraction of sp³-hybridized carbons (Fsp3) is 0.273. The molecular weight excluding hydrogens is 382 g/mol. The van der Waals surface area contributed by atoms with Crippen molar-refractivity contribution < 1.29 is 14.3 Å². The number of benzene rings is 1. The first-order chi connectivity index (χ1) is 14.5. The van der Waals surface area contributed by atoms with Crippen molar-refractivity contribution in [3.63, 3.8) is 0 Å². The van der Waals surface area contributed by atoms with Gasteiger partial charge in [-0.15, -0.1) is 0 Å². The number of nitrogens with zero attached hydrogens (tertiary/aromatic N) is 3. The van der Waals surface area contributed by atoms with Gasteiger partial charge >= 0.3 is 5.97 Å². The Labute approximate surface area is 175 Å². The Bertz CT molecular complexity index is 1030. The molecule has 0 aliphatic heterocycles. The van der Waals surface area contributed by atoms with Crippen molar-refractivity contribution in [1.29, 1.82) is 0 Å². The molecule has 2 aromatic heterocycles. The van der Waals surface area contributed by atoms with Crippen LogP contribution in [0.1, 0.15) is 30.6 Å². The Morgan fingerprint density at radius 3 is 2.63 bits per heavy atom. The van der Waals surface area contributed by atoms with Crippen LogP contribution in [0.25, 0.3) is 22.6 Å². The summed E-state index contributed by atoms with van der Waals surface area (Å²) < 4.78 is 7.33. The fourth-order valence-corrected chi connectivity index (χ4v) is 3.28. The summed E-state index contributed by atoms with van der Waals surface area (Å²) in [6.07, 6.45) is 2.25. The largest absolute Gasteiger partial charge is 0.462 e. The Kier molecular flexibility index (Phi) is 6.79. The average molecular weight is 407 g/mol. The molecule has 0 aliphatic rings. The van der Waals surface area contributed by atoms with Gasteiger partial charge in [-0.25, -0.2) is 14.8 Å². The molecule has 2 heterocycles. The van der Waals surface area contributed by atoms with E-state index < -0.39 is 5.97 Å². The second-order valence-corrected chi connectivity index (χ2v) is 6.67. The SMILES string of the molecule is CCOC(=O)c1cc(-c2ccnc(N)n2)n(CCCNC(C)=O)c1-c1ccccc1. The monoisotopic (exact) mass is 407 g/mol. The number of carbonyl (C=O) groups excluding carboxylic acids is 2. The molecule has 1 aromatic carbocycles. The van der Waals surface area contributed by atoms with Crippen molar-refractivity contribution in [3.05, 3.63) is 54.2 Å². The van der Waals surface area contributed by atoms with Crippen molar-refractivity contribution in [3.8, 4) is 22.6 Å². The van der Waals surface area contributed by atoms with Crippen LogP contribution in [-0.4, -0.2) is 39.6 Å². The predicted molar refractivity (Wildman–Crippen MR) is 115 cm³/mol. The molecule has 0 saturated heterocycles. The van der Waals surface area contributed by atoms with Gasteiger partial charge in [0.2, 0.25) is 11.9 Å². The lowest BCUT2D eigenvalue weighted by Crippen LogP contribution is -2.22. The number of nitrogens with one attached hydrogen (secondary N) is 1. The van der Waals surface area contributed by atoms with Crippen molar-refractivity contribution >= 4 is 17.8 Å². The van der Waals surface area contributed by atoms with Crippen molar-refractivity contribution in [2.24, 2.45) is 0 Å². The predicted octanol–water partition coefficient (Wildman–Crippen LogP) is 2.90. The van der Waals surface area contributed by atoms with E-state index in [1.165, 1.54) is 6.92 Å². The van der Waals surface area contributed by atoms with Gasteiger partial charge in [-0.1, -0.05) is 30.3 Å². The quantitative estimate of drug-likeness (QED) is 0.439. The maximum Gasteiger partial charge on any atom is 0.340 e. The third kappa shape index (κ3) is 4.83. The van der Waals surface area contributed by atoms with Gasteiger partial charge in [0.15, 0.2) is 0 Å². The van der Waals surface area contributed by atoms with Crippen LogP contribution in [0.4, 0.5) is 5.95 Å². The second-order valence-electron chi connectivity index (χ2n) is 6.67. The minimum absolute atomic E-state index is 0.0817. The van der Waals surface area contributed by atoms with E-state index in [2.05, 4.69) is 15.3 Å². The Morgan fingerprint density at radius 1 is 1.20 bits per heavy atom. The summed E-state index contributed by atoms with van der Waals surface area (Å²) in [5, 5.41) is 2.80. The Hall–Kier alpha value is -3.68. The first kappa shape index (κ1) is 21.0. The highest BCUT2D eigenvalue weighted by atomic mass is 16.5. The van der Waals surface area contributed by atoms with Crippen LogP contribution in [0.2, 0.25) is 0 Å². The van der Waals surface area contributed by atoms with Crippen LogP contribution in [0, 0.1) is 0 Å². The molecule has 8 nitrogen and oxygen atoms in total. The van der Waals surface area contributed by atoms with Crippen LogP contribution in [-0.2, 0) is 16.1 Å². The van der Waals surface area contributed by atoms with Gasteiger partial charge in [-0.2, -0.15) is 0 Å². The molecular formula is C22H25N5O3. The number of hydrogen-bond donors (Lipinski definition) is 2. The van der Waals surface area contributed by atoms with Gasteiger partial charge < -0.3 is 20.4 Å². The van der Waals surface area contributed by atoms with E-state index in [1.807, 2.05) is 34.9 Å². The number of amides is 1. The van der Waals surface area contributed by atoms with E-state index >= 15 is 0 Å². The molecule has 0 radical (unpaired) electrons. The van der Waals surface area contributed by atoms with Gasteiger partial charge in [0, 0.05) is 26.2 Å². The van der Waals surface area contributed by atoms with E-state index in [4.69, 9.17) is 10.5 Å². The van der Waals surface area contributed by atoms with Crippen LogP contribution < -0.4 is 11.1 Å². The van der Waals surface area contributed by atoms with Crippen LogP contribution >= 0.6 is 0 Å². The first-order valence-electron chi connectivity index (χ1n) is 9.80. The van der Waals surface area contributed by atoms with Gasteiger partial charge in [-0.3, -0.25) is 4.79 Å². The van der Waals surface area contributed by atoms with E-state index in [-0.39, 0.29) is 18.5 Å². The smallest absolute Gasteiger partial charge is 0.340 e. The third-order valence-corrected chi connectivity index (χ3v) is 4.51. The summed E-state index contributed by atoms with van der Waals surface area (Å²) in [6.45, 7) is 4.61. The number of nitrogen functional groups attached to an aromatic ring is 1. The van der Waals surface area contributed by atoms with Gasteiger partial charge in [0.25, 0.3) is 0 Å². The number of aromatic nitrogens is 3. The Morgan fingerprint density at radius 2 is 1.97 bits per heavy atom. The Balaban J connectivity index is 2.14. The molecule has 30 heavy (non-hydrogen) atoms. The van der Waals surface area contributed by atoms with Crippen molar-refractivity contribution in [1.82, 2.24) is 19.9 Å². The summed E-state index contributed by atoms with van der Waals surface area (Å²) in [4.78, 5) is 32.3. The third-order valence-electron chi connectivity index (χ3n) is 4.51. The molecule has 3 rings (SSSR count). The zero-order chi connectivity index (χ0) is 21.5. The first-order valence-corrected chi connectivity index (χ1v) is 9.80. The number of nitrogens with two attached hydrogens (primary N) is 1. The molecule has 156 valence electrons. The lowest BCUT2D eigenvalue weighted by atomic mass is 10.1. The topological polar surface area (TPSA) is 112 Å². The summed E-state index contributed by atoms with van der Waals surface area (Å²) in [7, 11) is 0. The molecule has 0 fully saturated rings. The maximum atomic E-state index is 12.8. The minimum Gasteiger partial charge on any atom is -0.462 e. The van der Waals surface area contributed by atoms with E-state index in [9.17, 15) is 9.59 Å². The number of esters is 1. The molecule has 0 unspecified atom stereocenters. The maximum absolute atomic E-state index is 12.8. The fourth-order valence-electron chi connectivity index (χ4n) is 3.28. The lowest BCUT2D eigenvalue weighted by molar-refractivity contribution is -0.118. The van der Waals surface area contributed by atoms with E-state index in [0.29, 0.717) is 30.8 Å². The van der Waals surface area contributed by atoms with Crippen molar-refractivity contribution in [2.75, 3.05) is 18.9 Å². The molecule has 0 spiro atoms. The molecule has 8 heteroatoms. The number of ether oxygens (including phenoxy) is 1. The molecule has 3 aromatic rings. The normalized spacial score (nSPS) is 10.6. The highest BCUT2D eigenvalue weighted by Gasteiger charge is 2.24. The summed E-state index contributed by atoms with van der Waals surface area (Å²) in [5.74, 6) is -0.334. The van der Waals surface area contributed by atoms with Gasteiger partial charge in [0.1, 0.15) is 0 Å². The average Bonchev–Trinajstić information content (AvgIpc) is 3.11. The van der Waals surface area contributed by atoms with Crippen molar-refractivity contribution in [2.45, 2.75) is 26.8 Å². The minimum atomic E-state index is -0.403. The van der Waals surface area contributed by atoms with Gasteiger partial charge in [-0.05, 0) is 31.0 Å². The highest BCUT2D eigenvalue weighted by Crippen LogP contribution is 2.33. The lowest BCUT2D eigenvalue weighted by Gasteiger charge is -2.15. The van der Waals surface area contributed by atoms with E-state index in [0.717, 1.165) is 17.0 Å². The van der Waals surface area contributed by atoms with Crippen LogP contribution in [0.3, 0.4) is 0 Å². The number of rotatable bonds is 8. The molecule has 1 amide bonds. The summed E-state index contributed by atoms with van der Waals surface area (Å²) in [5.41, 5.74) is 9.21. The second kappa shape index (κ2) is 9.69. The summed E-state index contributed by atoms with van der Waals surface area (Å²) in [6, 6.07) is 13.2. The van der Waals surface area contributed by atoms with E-state index in [1.54, 1.807) is 25.3 Å². The summed E-state index contributed by atoms with van der Waals surface area (Å²) >= 11 is 0. The highest BCUT2D eigenvalue weighted by molar-refractivity contribution is 5.98. The zero-order valence-corrected chi connectivity index (χ0v) is 17.1. The van der Waals surface area contributed by atoms with Crippen LogP contribution in [0.5, 0.6) is 0 Å². The zero-order valence-electron chi connectivity index (χ0n) is 17.1. The molecule has 3 N–H and O–H groups in total. The standard InChI is InChI=1S/C22H25N5O3/c1-3-30-21(29)17-14-19(18-10-12-25-22(23)26-18)27(13-7-11-24-15(2)28)20(17)16-8-5-4-6-9-16/h4-6,8-10,12,14H,3,7,11,13H2,1-2H3,(H,24,28)(H2,23,25,26). The molecule has 0 saturated carbocycles. The number of anilines is 1. The molecule has 0 atom stereocenters. The van der Waals surface area contributed by atoms with Crippen LogP contribution in [0.15, 0.2) is 48.7 Å². The number of carbonyl (C=O) groups is 2. The number of hydrogen-bond acceptors (Lipinski definition) is 6.